The molecule has 1 heterocycles. The van der Waals surface area contributed by atoms with Crippen LogP contribution >= 0.6 is 15.9 Å². The van der Waals surface area contributed by atoms with Crippen LogP contribution in [0.3, 0.4) is 0 Å². The summed E-state index contributed by atoms with van der Waals surface area (Å²) < 4.78 is 0.862. The van der Waals surface area contributed by atoms with Crippen LogP contribution in [0.4, 0.5) is 0 Å². The number of halogens is 1. The number of hydrogen-bond donors (Lipinski definition) is 2. The van der Waals surface area contributed by atoms with Crippen LogP contribution in [0.2, 0.25) is 0 Å². The van der Waals surface area contributed by atoms with Gasteiger partial charge in [0.2, 0.25) is 0 Å². The minimum absolute atomic E-state index is 0.0844. The first-order valence-corrected chi connectivity index (χ1v) is 7.87. The molecular formula is C18H14BrNO3. The number of hydrogen-bond acceptors (Lipinski definition) is 3. The Morgan fingerprint density at radius 3 is 2.26 bits per heavy atom. The summed E-state index contributed by atoms with van der Waals surface area (Å²) in [6.45, 7) is 1.96. The van der Waals surface area contributed by atoms with Crippen molar-refractivity contribution in [3.8, 4) is 0 Å². The number of carbonyl (C=O) groups is 2. The van der Waals surface area contributed by atoms with Gasteiger partial charge in [-0.1, -0.05) is 57.9 Å². The summed E-state index contributed by atoms with van der Waals surface area (Å²) in [6, 6.07) is 13.8. The Morgan fingerprint density at radius 2 is 1.65 bits per heavy atom. The Balaban J connectivity index is 2.10. The van der Waals surface area contributed by atoms with E-state index in [1.54, 1.807) is 24.3 Å². The number of carbonyl (C=O) groups excluding carboxylic acids is 2. The van der Waals surface area contributed by atoms with Crippen LogP contribution in [0.1, 0.15) is 22.7 Å². The predicted octanol–water partition coefficient (Wildman–Crippen LogP) is 3.47. The van der Waals surface area contributed by atoms with Gasteiger partial charge in [-0.3, -0.25) is 9.59 Å². The molecule has 5 heteroatoms. The number of aliphatic hydroxyl groups excluding tert-OH is 1. The summed E-state index contributed by atoms with van der Waals surface area (Å²) in [7, 11) is 0. The molecule has 116 valence electrons. The second-order valence-corrected chi connectivity index (χ2v) is 6.33. The maximum Gasteiger partial charge on any atom is 0.293 e. The van der Waals surface area contributed by atoms with E-state index in [0.717, 1.165) is 15.6 Å². The van der Waals surface area contributed by atoms with E-state index in [9.17, 15) is 14.7 Å². The zero-order valence-corrected chi connectivity index (χ0v) is 13.9. The number of aliphatic hydroxyl groups is 1. The van der Waals surface area contributed by atoms with E-state index in [1.807, 2.05) is 31.2 Å². The minimum atomic E-state index is -0.700. The highest BCUT2D eigenvalue weighted by atomic mass is 79.9. The topological polar surface area (TPSA) is 66.4 Å². The zero-order chi connectivity index (χ0) is 16.6. The molecule has 3 rings (SSSR count). The third-order valence-corrected chi connectivity index (χ3v) is 4.33. The Hall–Kier alpha value is -2.40. The molecule has 0 spiro atoms. The third kappa shape index (κ3) is 2.92. The van der Waals surface area contributed by atoms with Crippen LogP contribution in [0.15, 0.2) is 58.6 Å². The molecular weight excluding hydrogens is 358 g/mol. The predicted molar refractivity (Wildman–Crippen MR) is 90.8 cm³/mol. The van der Waals surface area contributed by atoms with Gasteiger partial charge >= 0.3 is 0 Å². The van der Waals surface area contributed by atoms with Crippen LogP contribution in [-0.4, -0.2) is 16.8 Å². The highest BCUT2D eigenvalue weighted by Crippen LogP contribution is 2.33. The Labute approximate surface area is 142 Å². The number of rotatable bonds is 2. The van der Waals surface area contributed by atoms with Crippen molar-refractivity contribution >= 4 is 33.4 Å². The largest absolute Gasteiger partial charge is 0.507 e. The fourth-order valence-electron chi connectivity index (χ4n) is 2.54. The SMILES string of the molecule is Cc1ccc(C2NC(=O)C(=O)C2=C(O)c2ccc(Br)cc2)cc1. The van der Waals surface area contributed by atoms with Gasteiger partial charge in [-0.2, -0.15) is 0 Å². The first-order valence-electron chi connectivity index (χ1n) is 7.08. The molecule has 1 atom stereocenters. The monoisotopic (exact) mass is 371 g/mol. The fraction of sp³-hybridized carbons (Fsp3) is 0.111. The van der Waals surface area contributed by atoms with Gasteiger partial charge in [0, 0.05) is 10.0 Å². The molecule has 0 aliphatic carbocycles. The lowest BCUT2D eigenvalue weighted by Gasteiger charge is -2.14. The van der Waals surface area contributed by atoms with E-state index in [4.69, 9.17) is 0 Å². The molecule has 0 radical (unpaired) electrons. The second kappa shape index (κ2) is 6.01. The molecule has 2 aromatic carbocycles. The average molecular weight is 372 g/mol. The molecule has 1 saturated heterocycles. The van der Waals surface area contributed by atoms with Crippen molar-refractivity contribution in [1.29, 1.82) is 0 Å². The van der Waals surface area contributed by atoms with Crippen molar-refractivity contribution in [1.82, 2.24) is 5.32 Å². The third-order valence-electron chi connectivity index (χ3n) is 3.80. The van der Waals surface area contributed by atoms with E-state index in [-0.39, 0.29) is 11.3 Å². The summed E-state index contributed by atoms with van der Waals surface area (Å²) >= 11 is 3.32. The Morgan fingerprint density at radius 1 is 1.04 bits per heavy atom. The van der Waals surface area contributed by atoms with Gasteiger partial charge in [0.05, 0.1) is 11.6 Å². The summed E-state index contributed by atoms with van der Waals surface area (Å²) in [6.07, 6.45) is 0. The first kappa shape index (κ1) is 15.5. The van der Waals surface area contributed by atoms with E-state index < -0.39 is 17.7 Å². The molecule has 4 nitrogen and oxygen atoms in total. The molecule has 1 amide bonds. The van der Waals surface area contributed by atoms with E-state index in [0.29, 0.717) is 5.56 Å². The summed E-state index contributed by atoms with van der Waals surface area (Å²) in [5.41, 5.74) is 2.41. The quantitative estimate of drug-likeness (QED) is 0.482. The molecule has 1 aliphatic rings. The maximum atomic E-state index is 12.2. The molecule has 1 aliphatic heterocycles. The van der Waals surface area contributed by atoms with Crippen molar-refractivity contribution in [2.24, 2.45) is 0 Å². The Kier molecular flexibility index (Phi) is 4.05. The molecule has 0 aromatic heterocycles. The van der Waals surface area contributed by atoms with Gasteiger partial charge in [0.15, 0.2) is 0 Å². The van der Waals surface area contributed by atoms with Crippen molar-refractivity contribution in [2.45, 2.75) is 13.0 Å². The highest BCUT2D eigenvalue weighted by Gasteiger charge is 2.39. The fourth-order valence-corrected chi connectivity index (χ4v) is 2.80. The van der Waals surface area contributed by atoms with E-state index >= 15 is 0 Å². The van der Waals surface area contributed by atoms with Crippen molar-refractivity contribution < 1.29 is 14.7 Å². The van der Waals surface area contributed by atoms with Crippen LogP contribution in [0, 0.1) is 6.92 Å². The van der Waals surface area contributed by atoms with Crippen molar-refractivity contribution in [3.05, 3.63) is 75.3 Å². The van der Waals surface area contributed by atoms with Crippen LogP contribution in [-0.2, 0) is 9.59 Å². The standard InChI is InChI=1S/C18H14BrNO3/c1-10-2-4-11(5-3-10)15-14(17(22)18(23)20-15)16(21)12-6-8-13(19)9-7-12/h2-9,15,21H,1H3,(H,20,23). The molecule has 23 heavy (non-hydrogen) atoms. The number of ketones is 1. The Bertz CT molecular complexity index is 807. The van der Waals surface area contributed by atoms with Crippen LogP contribution in [0.25, 0.3) is 5.76 Å². The van der Waals surface area contributed by atoms with Crippen molar-refractivity contribution in [3.63, 3.8) is 0 Å². The average Bonchev–Trinajstić information content (AvgIpc) is 2.84. The number of amides is 1. The van der Waals surface area contributed by atoms with E-state index in [1.165, 1.54) is 0 Å². The number of benzene rings is 2. The van der Waals surface area contributed by atoms with Crippen LogP contribution in [0.5, 0.6) is 0 Å². The lowest BCUT2D eigenvalue weighted by molar-refractivity contribution is -0.133. The number of aryl methyl sites for hydroxylation is 1. The van der Waals surface area contributed by atoms with Gasteiger partial charge in [-0.25, -0.2) is 0 Å². The van der Waals surface area contributed by atoms with E-state index in [2.05, 4.69) is 21.2 Å². The molecule has 0 bridgehead atoms. The molecule has 0 saturated carbocycles. The van der Waals surface area contributed by atoms with Crippen molar-refractivity contribution in [2.75, 3.05) is 0 Å². The number of Topliss-reactive ketones (excluding diaryl/α,β-unsaturated/α-hetero) is 1. The summed E-state index contributed by atoms with van der Waals surface area (Å²) in [5, 5.41) is 13.2. The normalized spacial score (nSPS) is 19.7. The lowest BCUT2D eigenvalue weighted by atomic mass is 9.95. The lowest BCUT2D eigenvalue weighted by Crippen LogP contribution is -2.21. The zero-order valence-electron chi connectivity index (χ0n) is 12.3. The smallest absolute Gasteiger partial charge is 0.293 e. The van der Waals surface area contributed by atoms with Gasteiger partial charge < -0.3 is 10.4 Å². The molecule has 1 unspecified atom stereocenters. The van der Waals surface area contributed by atoms with Gasteiger partial charge in [-0.05, 0) is 24.6 Å². The van der Waals surface area contributed by atoms with Gasteiger partial charge in [-0.15, -0.1) is 0 Å². The highest BCUT2D eigenvalue weighted by molar-refractivity contribution is 9.10. The first-order chi connectivity index (χ1) is 11.0. The molecule has 1 fully saturated rings. The minimum Gasteiger partial charge on any atom is -0.507 e. The van der Waals surface area contributed by atoms with Gasteiger partial charge in [0.1, 0.15) is 5.76 Å². The van der Waals surface area contributed by atoms with Gasteiger partial charge in [0.25, 0.3) is 11.7 Å². The maximum absolute atomic E-state index is 12.2. The number of nitrogens with one attached hydrogen (secondary N) is 1. The molecule has 2 aromatic rings. The van der Waals surface area contributed by atoms with Crippen LogP contribution < -0.4 is 5.32 Å². The molecule has 2 N–H and O–H groups in total. The summed E-state index contributed by atoms with van der Waals surface area (Å²) in [4.78, 5) is 24.0. The second-order valence-electron chi connectivity index (χ2n) is 5.42. The summed E-state index contributed by atoms with van der Waals surface area (Å²) in [5.74, 6) is -1.57.